The van der Waals surface area contributed by atoms with Gasteiger partial charge >= 0.3 is 0 Å². The smallest absolute Gasteiger partial charge is 0.228 e. The highest BCUT2D eigenvalue weighted by atomic mass is 79.9. The highest BCUT2D eigenvalue weighted by molar-refractivity contribution is 9.09. The van der Waals surface area contributed by atoms with Gasteiger partial charge in [0.05, 0.1) is 0 Å². The number of hydrogen-bond donors (Lipinski definition) is 1. The maximum absolute atomic E-state index is 11.7. The van der Waals surface area contributed by atoms with Gasteiger partial charge in [0.2, 0.25) is 5.91 Å². The molecule has 0 aromatic heterocycles. The molecule has 0 aliphatic carbocycles. The number of anilines is 2. The molecule has 2 rings (SSSR count). The van der Waals surface area contributed by atoms with Crippen molar-refractivity contribution in [1.29, 1.82) is 0 Å². The van der Waals surface area contributed by atoms with E-state index in [9.17, 15) is 4.79 Å². The third kappa shape index (κ3) is 2.00. The van der Waals surface area contributed by atoms with Crippen molar-refractivity contribution in [1.82, 2.24) is 0 Å². The number of carbonyl (C=O) groups is 1. The fraction of sp³-hybridized carbons (Fsp3) is 0.364. The van der Waals surface area contributed by atoms with Gasteiger partial charge in [0.1, 0.15) is 0 Å². The van der Waals surface area contributed by atoms with Crippen molar-refractivity contribution in [3.05, 3.63) is 23.8 Å². The standard InChI is InChI=1S/C11H13BrN2O/c1-7-4-9(13)2-3-10(7)14-6-8(12)5-11(14)15/h2-4,8H,5-6,13H2,1H3. The third-order valence-corrected chi connectivity index (χ3v) is 3.20. The number of benzene rings is 1. The summed E-state index contributed by atoms with van der Waals surface area (Å²) in [5.74, 6) is 0.171. The van der Waals surface area contributed by atoms with Gasteiger partial charge in [-0.25, -0.2) is 0 Å². The first-order valence-corrected chi connectivity index (χ1v) is 5.80. The van der Waals surface area contributed by atoms with Gasteiger partial charge in [-0.2, -0.15) is 0 Å². The average Bonchev–Trinajstić information content (AvgIpc) is 2.45. The zero-order valence-electron chi connectivity index (χ0n) is 8.53. The van der Waals surface area contributed by atoms with E-state index in [0.29, 0.717) is 6.42 Å². The monoisotopic (exact) mass is 268 g/mol. The normalized spacial score (nSPS) is 21.1. The summed E-state index contributed by atoms with van der Waals surface area (Å²) in [7, 11) is 0. The molecule has 0 radical (unpaired) electrons. The molecule has 4 heteroatoms. The number of alkyl halides is 1. The molecule has 1 aromatic carbocycles. The molecule has 80 valence electrons. The average molecular weight is 269 g/mol. The minimum absolute atomic E-state index is 0.171. The van der Waals surface area contributed by atoms with Crippen LogP contribution in [0.1, 0.15) is 12.0 Å². The lowest BCUT2D eigenvalue weighted by Crippen LogP contribution is -2.25. The lowest BCUT2D eigenvalue weighted by molar-refractivity contribution is -0.117. The van der Waals surface area contributed by atoms with Crippen molar-refractivity contribution in [3.8, 4) is 0 Å². The Morgan fingerprint density at radius 2 is 2.27 bits per heavy atom. The molecule has 1 aliphatic rings. The van der Waals surface area contributed by atoms with Gasteiger partial charge in [0.25, 0.3) is 0 Å². The van der Waals surface area contributed by atoms with Crippen molar-refractivity contribution in [2.75, 3.05) is 17.2 Å². The second-order valence-corrected chi connectivity index (χ2v) is 5.15. The van der Waals surface area contributed by atoms with Crippen molar-refractivity contribution >= 4 is 33.2 Å². The van der Waals surface area contributed by atoms with E-state index in [2.05, 4.69) is 15.9 Å². The van der Waals surface area contributed by atoms with Crippen LogP contribution in [0.3, 0.4) is 0 Å². The summed E-state index contributed by atoms with van der Waals surface area (Å²) in [4.78, 5) is 13.8. The number of nitrogens with zero attached hydrogens (tertiary/aromatic N) is 1. The van der Waals surface area contributed by atoms with Crippen LogP contribution in [0, 0.1) is 6.92 Å². The summed E-state index contributed by atoms with van der Waals surface area (Å²) in [6.07, 6.45) is 0.573. The fourth-order valence-corrected chi connectivity index (χ4v) is 2.44. The largest absolute Gasteiger partial charge is 0.399 e. The number of nitrogens with two attached hydrogens (primary N) is 1. The molecule has 0 saturated carbocycles. The minimum Gasteiger partial charge on any atom is -0.399 e. The Labute approximate surface area is 97.4 Å². The van der Waals surface area contributed by atoms with E-state index >= 15 is 0 Å². The number of carbonyl (C=O) groups excluding carboxylic acids is 1. The molecule has 2 N–H and O–H groups in total. The van der Waals surface area contributed by atoms with Gasteiger partial charge in [0, 0.05) is 29.2 Å². The van der Waals surface area contributed by atoms with E-state index in [1.54, 1.807) is 0 Å². The van der Waals surface area contributed by atoms with Crippen LogP contribution in [0.2, 0.25) is 0 Å². The number of halogens is 1. The molecule has 15 heavy (non-hydrogen) atoms. The molecule has 1 heterocycles. The molecule has 0 bridgehead atoms. The first-order chi connectivity index (χ1) is 7.08. The third-order valence-electron chi connectivity index (χ3n) is 2.59. The minimum atomic E-state index is 0.171. The van der Waals surface area contributed by atoms with Gasteiger partial charge in [-0.15, -0.1) is 0 Å². The Balaban J connectivity index is 2.34. The Hall–Kier alpha value is -1.03. The highest BCUT2D eigenvalue weighted by Crippen LogP contribution is 2.28. The van der Waals surface area contributed by atoms with Crippen molar-refractivity contribution in [3.63, 3.8) is 0 Å². The molecule has 1 amide bonds. The maximum Gasteiger partial charge on any atom is 0.228 e. The summed E-state index contributed by atoms with van der Waals surface area (Å²) in [5, 5.41) is 0. The summed E-state index contributed by atoms with van der Waals surface area (Å²) < 4.78 is 0. The predicted molar refractivity (Wildman–Crippen MR) is 65.3 cm³/mol. The zero-order valence-corrected chi connectivity index (χ0v) is 10.1. The summed E-state index contributed by atoms with van der Waals surface area (Å²) in [5.41, 5.74) is 8.42. The quantitative estimate of drug-likeness (QED) is 0.626. The zero-order chi connectivity index (χ0) is 11.0. The molecule has 1 unspecified atom stereocenters. The van der Waals surface area contributed by atoms with Crippen LogP contribution >= 0.6 is 15.9 Å². The van der Waals surface area contributed by atoms with Gasteiger partial charge in [-0.05, 0) is 30.7 Å². The number of amides is 1. The Morgan fingerprint density at radius 1 is 1.53 bits per heavy atom. The van der Waals surface area contributed by atoms with E-state index in [1.165, 1.54) is 0 Å². The fourth-order valence-electron chi connectivity index (χ4n) is 1.88. The first kappa shape index (κ1) is 10.5. The van der Waals surface area contributed by atoms with E-state index < -0.39 is 0 Å². The molecule has 3 nitrogen and oxygen atoms in total. The highest BCUT2D eigenvalue weighted by Gasteiger charge is 2.29. The lowest BCUT2D eigenvalue weighted by atomic mass is 10.1. The van der Waals surface area contributed by atoms with Gasteiger partial charge in [-0.3, -0.25) is 4.79 Å². The van der Waals surface area contributed by atoms with Crippen LogP contribution < -0.4 is 10.6 Å². The van der Waals surface area contributed by atoms with E-state index in [1.807, 2.05) is 30.0 Å². The van der Waals surface area contributed by atoms with Crippen LogP contribution in [0.25, 0.3) is 0 Å². The molecule has 1 fully saturated rings. The van der Waals surface area contributed by atoms with Gasteiger partial charge in [-0.1, -0.05) is 15.9 Å². The Morgan fingerprint density at radius 3 is 2.80 bits per heavy atom. The summed E-state index contributed by atoms with van der Waals surface area (Å²) in [6, 6.07) is 5.63. The molecule has 1 aliphatic heterocycles. The molecule has 1 atom stereocenters. The van der Waals surface area contributed by atoms with Crippen LogP contribution in [0.5, 0.6) is 0 Å². The van der Waals surface area contributed by atoms with Crippen LogP contribution in [-0.4, -0.2) is 17.3 Å². The van der Waals surface area contributed by atoms with Crippen molar-refractivity contribution < 1.29 is 4.79 Å². The van der Waals surface area contributed by atoms with E-state index in [-0.39, 0.29) is 10.7 Å². The molecule has 0 spiro atoms. The molecular formula is C11H13BrN2O. The second-order valence-electron chi connectivity index (χ2n) is 3.85. The molecule has 1 saturated heterocycles. The summed E-state index contributed by atoms with van der Waals surface area (Å²) in [6.45, 7) is 2.71. The van der Waals surface area contributed by atoms with Crippen LogP contribution in [0.4, 0.5) is 11.4 Å². The van der Waals surface area contributed by atoms with Crippen LogP contribution in [0.15, 0.2) is 18.2 Å². The van der Waals surface area contributed by atoms with Crippen LogP contribution in [-0.2, 0) is 4.79 Å². The van der Waals surface area contributed by atoms with Crippen molar-refractivity contribution in [2.45, 2.75) is 18.2 Å². The molecular weight excluding hydrogens is 256 g/mol. The predicted octanol–water partition coefficient (Wildman–Crippen LogP) is 2.08. The number of hydrogen-bond acceptors (Lipinski definition) is 2. The summed E-state index contributed by atoms with van der Waals surface area (Å²) >= 11 is 3.47. The number of rotatable bonds is 1. The SMILES string of the molecule is Cc1cc(N)ccc1N1CC(Br)CC1=O. The van der Waals surface area contributed by atoms with E-state index in [0.717, 1.165) is 23.5 Å². The Bertz CT molecular complexity index is 406. The Kier molecular flexibility index (Phi) is 2.69. The topological polar surface area (TPSA) is 46.3 Å². The van der Waals surface area contributed by atoms with Gasteiger partial charge in [0.15, 0.2) is 0 Å². The first-order valence-electron chi connectivity index (χ1n) is 4.88. The van der Waals surface area contributed by atoms with Gasteiger partial charge < -0.3 is 10.6 Å². The van der Waals surface area contributed by atoms with Crippen molar-refractivity contribution in [2.24, 2.45) is 0 Å². The lowest BCUT2D eigenvalue weighted by Gasteiger charge is -2.18. The maximum atomic E-state index is 11.7. The number of nitrogen functional groups attached to an aromatic ring is 1. The second kappa shape index (κ2) is 3.85. The molecule has 1 aromatic rings. The number of aryl methyl sites for hydroxylation is 1. The van der Waals surface area contributed by atoms with E-state index in [4.69, 9.17) is 5.73 Å².